The van der Waals surface area contributed by atoms with Crippen LogP contribution in [0.15, 0.2) is 47.3 Å². The summed E-state index contributed by atoms with van der Waals surface area (Å²) in [5.74, 6) is -4.02. The van der Waals surface area contributed by atoms with Gasteiger partial charge in [-0.05, 0) is 97.9 Å². The number of nitrogens with one attached hydrogen (secondary N) is 4. The van der Waals surface area contributed by atoms with Gasteiger partial charge in [-0.3, -0.25) is 38.5 Å². The number of alkyl carbamates (subject to hydrolysis) is 1. The van der Waals surface area contributed by atoms with Crippen molar-refractivity contribution in [2.75, 3.05) is 18.9 Å². The van der Waals surface area contributed by atoms with Gasteiger partial charge in [0.05, 0.1) is 35.1 Å². The van der Waals surface area contributed by atoms with Crippen molar-refractivity contribution in [2.24, 2.45) is 5.92 Å². The zero-order chi connectivity index (χ0) is 54.9. The number of halogens is 1. The number of hydrogen-bond acceptors (Lipinski definition) is 13. The minimum Gasteiger partial charge on any atom is -0.458 e. The van der Waals surface area contributed by atoms with Crippen LogP contribution in [0.4, 0.5) is 14.9 Å². The standard InChI is InChI=1S/C55H63FN8O12/c1-8-43(66)62(7)24-32-21-33(58-50(69)30(6)57-51(70)48(28(3)4)61-42(65)13-11-10-12-20-63-44(67)18-19-45(63)68)15-14-31(32)26-76-54(73)60-39-17-16-34-29(5)38(56)23-40-46(34)47(39)35-25-64-41(49(35)59-40)22-37-36(52(64)71)27-75-53(72)55(37,74)9-2/h14-15,18-19,21-23,28,30,39,48,74H,8-13,16-17,20,24-27H2,1-7H3,(H,57,70)(H,58,69)(H,60,73)(H,61,65)/t30-,39-,48-,55-/m0/s1. The number of carbonyl (C=O) groups is 8. The highest BCUT2D eigenvalue weighted by Gasteiger charge is 2.46. The minimum absolute atomic E-state index is 0.0477. The molecule has 4 aromatic rings. The van der Waals surface area contributed by atoms with Crippen LogP contribution in [0.25, 0.3) is 22.3 Å². The van der Waals surface area contributed by atoms with Gasteiger partial charge in [0.15, 0.2) is 5.60 Å². The molecule has 5 heterocycles. The minimum atomic E-state index is -2.06. The first-order valence-corrected chi connectivity index (χ1v) is 25.7. The number of rotatable bonds is 19. The van der Waals surface area contributed by atoms with Crippen molar-refractivity contribution >= 4 is 64.1 Å². The molecule has 0 saturated heterocycles. The fraction of sp³-hybridized carbons (Fsp3) is 0.455. The van der Waals surface area contributed by atoms with Gasteiger partial charge in [0, 0.05) is 73.4 Å². The van der Waals surface area contributed by atoms with E-state index in [-0.39, 0.29) is 92.8 Å². The second-order valence-electron chi connectivity index (χ2n) is 20.2. The predicted molar refractivity (Wildman–Crippen MR) is 274 cm³/mol. The molecule has 5 N–H and O–H groups in total. The number of aromatic nitrogens is 2. The Hall–Kier alpha value is -7.81. The molecule has 4 atom stereocenters. The molecule has 20 nitrogen and oxygen atoms in total. The first-order chi connectivity index (χ1) is 36.1. The van der Waals surface area contributed by atoms with Crippen LogP contribution in [0.3, 0.4) is 0 Å². The number of aliphatic hydroxyl groups is 1. The van der Waals surface area contributed by atoms with E-state index in [9.17, 15) is 48.3 Å². The highest BCUT2D eigenvalue weighted by Crippen LogP contribution is 2.46. The van der Waals surface area contributed by atoms with E-state index in [1.54, 1.807) is 65.9 Å². The molecule has 0 spiro atoms. The van der Waals surface area contributed by atoms with Gasteiger partial charge in [0.1, 0.15) is 31.1 Å². The summed E-state index contributed by atoms with van der Waals surface area (Å²) in [5.41, 5.74) is 2.58. The van der Waals surface area contributed by atoms with Crippen molar-refractivity contribution in [3.05, 3.63) is 103 Å². The van der Waals surface area contributed by atoms with Crippen molar-refractivity contribution in [3.63, 3.8) is 0 Å². The molecule has 4 aliphatic rings. The molecule has 0 radical (unpaired) electrons. The number of unbranched alkanes of at least 4 members (excludes halogenated alkanes) is 2. The average molecular weight is 1050 g/mol. The Morgan fingerprint density at radius 3 is 2.38 bits per heavy atom. The predicted octanol–water partition coefficient (Wildman–Crippen LogP) is 4.88. The third-order valence-corrected chi connectivity index (χ3v) is 14.8. The number of hydrogen-bond donors (Lipinski definition) is 5. The van der Waals surface area contributed by atoms with Crippen LogP contribution in [0.5, 0.6) is 0 Å². The number of ether oxygens (including phenoxy) is 2. The van der Waals surface area contributed by atoms with Crippen LogP contribution in [-0.2, 0) is 81.4 Å². The Morgan fingerprint density at radius 1 is 0.947 bits per heavy atom. The van der Waals surface area contributed by atoms with Crippen LogP contribution < -0.4 is 26.8 Å². The van der Waals surface area contributed by atoms with Crippen LogP contribution in [0.1, 0.15) is 130 Å². The number of carbonyl (C=O) groups excluding carboxylic acids is 8. The van der Waals surface area contributed by atoms with Gasteiger partial charge in [0.25, 0.3) is 17.4 Å². The van der Waals surface area contributed by atoms with Gasteiger partial charge < -0.3 is 45.3 Å². The van der Waals surface area contributed by atoms with E-state index in [1.807, 2.05) is 0 Å². The summed E-state index contributed by atoms with van der Waals surface area (Å²) >= 11 is 0. The van der Waals surface area contributed by atoms with E-state index >= 15 is 4.39 Å². The Kier molecular flexibility index (Phi) is 15.9. The monoisotopic (exact) mass is 1050 g/mol. The Labute approximate surface area is 437 Å². The highest BCUT2D eigenvalue weighted by molar-refractivity contribution is 6.12. The molecular formula is C55H63FN8O12. The number of imide groups is 1. The van der Waals surface area contributed by atoms with E-state index in [0.717, 1.165) is 10.5 Å². The van der Waals surface area contributed by atoms with Crippen molar-refractivity contribution < 1.29 is 57.3 Å². The van der Waals surface area contributed by atoms with E-state index < -0.39 is 59.0 Å². The quantitative estimate of drug-likeness (QED) is 0.0420. The molecule has 402 valence electrons. The van der Waals surface area contributed by atoms with Gasteiger partial charge in [-0.25, -0.2) is 19.0 Å². The van der Waals surface area contributed by atoms with Crippen molar-refractivity contribution in [1.29, 1.82) is 0 Å². The van der Waals surface area contributed by atoms with Crippen LogP contribution in [-0.4, -0.2) is 97.6 Å². The van der Waals surface area contributed by atoms with Gasteiger partial charge in [-0.1, -0.05) is 40.2 Å². The number of nitrogens with zero attached hydrogens (tertiary/aromatic N) is 4. The molecule has 2 aromatic carbocycles. The Bertz CT molecular complexity index is 3170. The summed E-state index contributed by atoms with van der Waals surface area (Å²) in [6, 6.07) is 5.13. The number of amides is 7. The SMILES string of the molecule is CCC(=O)N(C)Cc1cc(NC(=O)[C@H](C)NC(=O)[C@@H](NC(=O)CCCCCN2C(=O)C=CC2=O)C(C)C)ccc1COC(=O)N[C@H]1CCc2c(C)c(F)cc3nc4c(c1c23)Cn1c-4cc2c(c1=O)COC(=O)[C@]2(O)CC. The molecule has 0 bridgehead atoms. The summed E-state index contributed by atoms with van der Waals surface area (Å²) in [4.78, 5) is 125. The number of fused-ring (bicyclic) bond motifs is 5. The zero-order valence-electron chi connectivity index (χ0n) is 43.6. The van der Waals surface area contributed by atoms with E-state index in [4.69, 9.17) is 14.5 Å². The summed E-state index contributed by atoms with van der Waals surface area (Å²) in [7, 11) is 1.62. The molecule has 7 amide bonds. The van der Waals surface area contributed by atoms with Crippen LogP contribution in [0, 0.1) is 18.7 Å². The molecule has 0 saturated carbocycles. The first kappa shape index (κ1) is 54.5. The highest BCUT2D eigenvalue weighted by atomic mass is 19.1. The third-order valence-electron chi connectivity index (χ3n) is 14.8. The number of cyclic esters (lactones) is 1. The summed E-state index contributed by atoms with van der Waals surface area (Å²) in [6.45, 7) is 9.86. The molecule has 2 aromatic heterocycles. The van der Waals surface area contributed by atoms with Gasteiger partial charge in [-0.2, -0.15) is 0 Å². The largest absolute Gasteiger partial charge is 0.458 e. The second kappa shape index (κ2) is 22.2. The van der Waals surface area contributed by atoms with E-state index in [1.165, 1.54) is 34.6 Å². The number of benzene rings is 2. The lowest BCUT2D eigenvalue weighted by Crippen LogP contribution is -2.53. The normalized spacial score (nSPS) is 17.9. The topological polar surface area (TPSA) is 265 Å². The lowest BCUT2D eigenvalue weighted by atomic mass is 9.81. The van der Waals surface area contributed by atoms with E-state index in [2.05, 4.69) is 21.3 Å². The van der Waals surface area contributed by atoms with Crippen LogP contribution >= 0.6 is 0 Å². The van der Waals surface area contributed by atoms with Gasteiger partial charge >= 0.3 is 12.1 Å². The third kappa shape index (κ3) is 10.7. The number of esters is 1. The number of anilines is 1. The summed E-state index contributed by atoms with van der Waals surface area (Å²) in [5, 5.41) is 23.3. The summed E-state index contributed by atoms with van der Waals surface area (Å²) < 4.78 is 28.1. The van der Waals surface area contributed by atoms with Crippen molar-refractivity contribution in [2.45, 2.75) is 143 Å². The Balaban J connectivity index is 0.944. The van der Waals surface area contributed by atoms with E-state index in [0.29, 0.717) is 87.9 Å². The molecule has 3 aliphatic heterocycles. The van der Waals surface area contributed by atoms with Crippen LogP contribution in [0.2, 0.25) is 0 Å². The molecule has 1 aliphatic carbocycles. The van der Waals surface area contributed by atoms with Gasteiger partial charge in [0.2, 0.25) is 23.6 Å². The molecular weight excluding hydrogens is 984 g/mol. The zero-order valence-corrected chi connectivity index (χ0v) is 43.6. The molecule has 21 heteroatoms. The smallest absolute Gasteiger partial charge is 0.407 e. The number of pyridine rings is 2. The maximum absolute atomic E-state index is 15.5. The molecule has 0 unspecified atom stereocenters. The fourth-order valence-corrected chi connectivity index (χ4v) is 10.4. The molecule has 8 rings (SSSR count). The Morgan fingerprint density at radius 2 is 1.68 bits per heavy atom. The fourth-order valence-electron chi connectivity index (χ4n) is 10.4. The maximum Gasteiger partial charge on any atom is 0.407 e. The molecule has 76 heavy (non-hydrogen) atoms. The number of aryl methyl sites for hydroxylation is 1. The summed E-state index contributed by atoms with van der Waals surface area (Å²) in [6.07, 6.45) is 4.26. The second-order valence-corrected chi connectivity index (χ2v) is 20.2. The average Bonchev–Trinajstić information content (AvgIpc) is 3.95. The van der Waals surface area contributed by atoms with Crippen molar-refractivity contribution in [1.82, 2.24) is 35.3 Å². The van der Waals surface area contributed by atoms with Crippen molar-refractivity contribution in [3.8, 4) is 11.4 Å². The molecule has 0 fully saturated rings. The first-order valence-electron chi connectivity index (χ1n) is 25.7. The van der Waals surface area contributed by atoms with Gasteiger partial charge in [-0.15, -0.1) is 0 Å². The lowest BCUT2D eigenvalue weighted by molar-refractivity contribution is -0.172. The lowest BCUT2D eigenvalue weighted by Gasteiger charge is -2.31. The maximum atomic E-state index is 15.5.